The van der Waals surface area contributed by atoms with Crippen molar-refractivity contribution in [1.82, 2.24) is 10.2 Å². The lowest BCUT2D eigenvalue weighted by Crippen LogP contribution is -2.43. The van der Waals surface area contributed by atoms with E-state index in [1.54, 1.807) is 0 Å². The third-order valence-electron chi connectivity index (χ3n) is 5.19. The Hall–Kier alpha value is -2.12. The molecule has 2 aliphatic rings. The zero-order valence-corrected chi connectivity index (χ0v) is 16.5. The number of amides is 1. The van der Waals surface area contributed by atoms with E-state index in [2.05, 4.69) is 16.3 Å². The fourth-order valence-electron chi connectivity index (χ4n) is 3.61. The Bertz CT molecular complexity index is 671. The summed E-state index contributed by atoms with van der Waals surface area (Å²) in [6.07, 6.45) is 6.78. The molecule has 1 saturated carbocycles. The summed E-state index contributed by atoms with van der Waals surface area (Å²) in [5, 5.41) is 18.9. The fourth-order valence-corrected chi connectivity index (χ4v) is 3.81. The Balaban J connectivity index is 0.000000409. The van der Waals surface area contributed by atoms with Gasteiger partial charge in [0.1, 0.15) is 0 Å². The topological polar surface area (TPSA) is 107 Å². The molecule has 0 bridgehead atoms. The number of likely N-dealkylation sites (tertiary alicyclic amines) is 1. The maximum Gasteiger partial charge on any atom is 0.414 e. The molecule has 154 valence electrons. The normalized spacial score (nSPS) is 18.2. The van der Waals surface area contributed by atoms with Gasteiger partial charge in [-0.25, -0.2) is 9.59 Å². The Morgan fingerprint density at radius 3 is 2.11 bits per heavy atom. The molecule has 7 nitrogen and oxygen atoms in total. The largest absolute Gasteiger partial charge is 0.473 e. The number of hydrogen-bond acceptors (Lipinski definition) is 4. The number of piperidine rings is 1. The van der Waals surface area contributed by atoms with Crippen LogP contribution in [0.4, 0.5) is 0 Å². The fraction of sp³-hybridized carbons (Fsp3) is 0.550. The Morgan fingerprint density at radius 2 is 1.57 bits per heavy atom. The van der Waals surface area contributed by atoms with Gasteiger partial charge in [-0.15, -0.1) is 0 Å². The van der Waals surface area contributed by atoms with Gasteiger partial charge in [0.05, 0.1) is 0 Å². The molecule has 1 amide bonds. The molecule has 1 heterocycles. The third-order valence-corrected chi connectivity index (χ3v) is 5.56. The van der Waals surface area contributed by atoms with Crippen LogP contribution in [0.3, 0.4) is 0 Å². The van der Waals surface area contributed by atoms with E-state index >= 15 is 0 Å². The van der Waals surface area contributed by atoms with E-state index in [0.717, 1.165) is 50.3 Å². The number of halogens is 1. The summed E-state index contributed by atoms with van der Waals surface area (Å²) in [6.45, 7) is 2.85. The highest BCUT2D eigenvalue weighted by Gasteiger charge is 2.27. The van der Waals surface area contributed by atoms with Gasteiger partial charge in [-0.1, -0.05) is 42.6 Å². The molecule has 1 aromatic rings. The first-order valence-corrected chi connectivity index (χ1v) is 9.97. The summed E-state index contributed by atoms with van der Waals surface area (Å²) < 4.78 is 0. The SMILES string of the molecule is O=C(NC1CCCC1)C1CCN(Cc2ccccc2Cl)CC1.O=C(O)C(=O)O. The first-order valence-electron chi connectivity index (χ1n) is 9.59. The minimum atomic E-state index is -1.82. The number of nitrogens with one attached hydrogen (secondary N) is 1. The number of carboxylic acids is 2. The van der Waals surface area contributed by atoms with E-state index in [4.69, 9.17) is 31.4 Å². The molecule has 0 spiro atoms. The van der Waals surface area contributed by atoms with Crippen LogP contribution in [0.5, 0.6) is 0 Å². The smallest absolute Gasteiger partial charge is 0.414 e. The van der Waals surface area contributed by atoms with Crippen molar-refractivity contribution in [1.29, 1.82) is 0 Å². The Labute approximate surface area is 169 Å². The van der Waals surface area contributed by atoms with Crippen LogP contribution in [0.1, 0.15) is 44.1 Å². The molecule has 28 heavy (non-hydrogen) atoms. The lowest BCUT2D eigenvalue weighted by atomic mass is 9.95. The molecule has 8 heteroatoms. The van der Waals surface area contributed by atoms with Crippen molar-refractivity contribution >= 4 is 29.4 Å². The summed E-state index contributed by atoms with van der Waals surface area (Å²) in [7, 11) is 0. The molecule has 1 aliphatic carbocycles. The van der Waals surface area contributed by atoms with Crippen molar-refractivity contribution in [3.05, 3.63) is 34.9 Å². The molecular formula is C20H27ClN2O5. The van der Waals surface area contributed by atoms with Crippen LogP contribution in [0.15, 0.2) is 24.3 Å². The number of carboxylic acid groups (broad SMARTS) is 2. The minimum absolute atomic E-state index is 0.197. The number of hydrogen-bond donors (Lipinski definition) is 3. The Morgan fingerprint density at radius 1 is 1.00 bits per heavy atom. The van der Waals surface area contributed by atoms with Crippen LogP contribution in [0, 0.1) is 5.92 Å². The lowest BCUT2D eigenvalue weighted by Gasteiger charge is -2.32. The van der Waals surface area contributed by atoms with Crippen LogP contribution >= 0.6 is 11.6 Å². The molecule has 1 aromatic carbocycles. The van der Waals surface area contributed by atoms with E-state index < -0.39 is 11.9 Å². The van der Waals surface area contributed by atoms with Crippen molar-refractivity contribution in [2.45, 2.75) is 51.1 Å². The standard InChI is InChI=1S/C18H25ClN2O.C2H2O4/c19-17-8-4-1-5-15(17)13-21-11-9-14(10-12-21)18(22)20-16-6-2-3-7-16;3-1(4)2(5)6/h1,4-5,8,14,16H,2-3,6-7,9-13H2,(H,20,22);(H,3,4)(H,5,6). The quantitative estimate of drug-likeness (QED) is 0.659. The highest BCUT2D eigenvalue weighted by Crippen LogP contribution is 2.24. The second-order valence-corrected chi connectivity index (χ2v) is 7.65. The van der Waals surface area contributed by atoms with E-state index in [1.165, 1.54) is 18.4 Å². The average Bonchev–Trinajstić information content (AvgIpc) is 3.17. The summed E-state index contributed by atoms with van der Waals surface area (Å²) >= 11 is 6.23. The molecule has 0 radical (unpaired) electrons. The van der Waals surface area contributed by atoms with Gasteiger partial charge >= 0.3 is 11.9 Å². The molecule has 1 saturated heterocycles. The molecule has 3 N–H and O–H groups in total. The number of benzene rings is 1. The third kappa shape index (κ3) is 7.13. The minimum Gasteiger partial charge on any atom is -0.473 e. The van der Waals surface area contributed by atoms with E-state index in [9.17, 15) is 4.79 Å². The second kappa shape index (κ2) is 11.0. The van der Waals surface area contributed by atoms with Crippen LogP contribution in [0.25, 0.3) is 0 Å². The van der Waals surface area contributed by atoms with E-state index in [-0.39, 0.29) is 11.8 Å². The van der Waals surface area contributed by atoms with Gasteiger partial charge in [0.15, 0.2) is 0 Å². The summed E-state index contributed by atoms with van der Waals surface area (Å²) in [5.74, 6) is -3.17. The molecular weight excluding hydrogens is 384 g/mol. The second-order valence-electron chi connectivity index (χ2n) is 7.24. The van der Waals surface area contributed by atoms with Gasteiger partial charge < -0.3 is 15.5 Å². The number of carbonyl (C=O) groups is 3. The van der Waals surface area contributed by atoms with Crippen LogP contribution < -0.4 is 5.32 Å². The van der Waals surface area contributed by atoms with Crippen molar-refractivity contribution in [2.24, 2.45) is 5.92 Å². The lowest BCUT2D eigenvalue weighted by molar-refractivity contribution is -0.159. The van der Waals surface area contributed by atoms with Crippen LogP contribution in [-0.4, -0.2) is 52.1 Å². The molecule has 1 aliphatic heterocycles. The van der Waals surface area contributed by atoms with Gasteiger partial charge in [-0.2, -0.15) is 0 Å². The number of aliphatic carboxylic acids is 2. The molecule has 3 rings (SSSR count). The van der Waals surface area contributed by atoms with Crippen LogP contribution in [0.2, 0.25) is 5.02 Å². The molecule has 0 aromatic heterocycles. The summed E-state index contributed by atoms with van der Waals surface area (Å²) in [5.41, 5.74) is 1.18. The van der Waals surface area contributed by atoms with Gasteiger partial charge in [-0.05, 0) is 50.4 Å². The van der Waals surface area contributed by atoms with Crippen LogP contribution in [-0.2, 0) is 20.9 Å². The number of nitrogens with zero attached hydrogens (tertiary/aromatic N) is 1. The van der Waals surface area contributed by atoms with Gasteiger partial charge in [0.2, 0.25) is 5.91 Å². The van der Waals surface area contributed by atoms with Crippen molar-refractivity contribution in [2.75, 3.05) is 13.1 Å². The predicted octanol–water partition coefficient (Wildman–Crippen LogP) is 2.77. The zero-order valence-electron chi connectivity index (χ0n) is 15.8. The van der Waals surface area contributed by atoms with Gasteiger partial charge in [-0.3, -0.25) is 9.69 Å². The van der Waals surface area contributed by atoms with Gasteiger partial charge in [0, 0.05) is 23.5 Å². The highest BCUT2D eigenvalue weighted by atomic mass is 35.5. The molecule has 0 atom stereocenters. The van der Waals surface area contributed by atoms with Crippen molar-refractivity contribution in [3.63, 3.8) is 0 Å². The summed E-state index contributed by atoms with van der Waals surface area (Å²) in [6, 6.07) is 8.46. The van der Waals surface area contributed by atoms with Crippen molar-refractivity contribution < 1.29 is 24.6 Å². The monoisotopic (exact) mass is 410 g/mol. The maximum atomic E-state index is 12.3. The van der Waals surface area contributed by atoms with Crippen molar-refractivity contribution in [3.8, 4) is 0 Å². The first kappa shape index (κ1) is 22.2. The molecule has 2 fully saturated rings. The molecule has 0 unspecified atom stereocenters. The predicted molar refractivity (Wildman–Crippen MR) is 105 cm³/mol. The first-order chi connectivity index (χ1) is 13.4. The van der Waals surface area contributed by atoms with E-state index in [0.29, 0.717) is 6.04 Å². The highest BCUT2D eigenvalue weighted by molar-refractivity contribution is 6.31. The number of carbonyl (C=O) groups excluding carboxylic acids is 1. The zero-order chi connectivity index (χ0) is 20.5. The summed E-state index contributed by atoms with van der Waals surface area (Å²) in [4.78, 5) is 32.9. The van der Waals surface area contributed by atoms with Gasteiger partial charge in [0.25, 0.3) is 0 Å². The average molecular weight is 411 g/mol. The van der Waals surface area contributed by atoms with E-state index in [1.807, 2.05) is 18.2 Å². The maximum absolute atomic E-state index is 12.3. The Kier molecular flexibility index (Phi) is 8.73. The number of rotatable bonds is 4.